The Morgan fingerprint density at radius 1 is 0.894 bits per heavy atom. The zero-order valence-corrected chi connectivity index (χ0v) is 49.8. The van der Waals surface area contributed by atoms with Crippen molar-refractivity contribution in [2.24, 2.45) is 11.8 Å². The van der Waals surface area contributed by atoms with E-state index in [4.69, 9.17) is 50.2 Å². The molecule has 3 fully saturated rings. The summed E-state index contributed by atoms with van der Waals surface area (Å²) in [6.07, 6.45) is 10.7. The number of nitrogens with one attached hydrogen (secondary N) is 2. The van der Waals surface area contributed by atoms with Crippen LogP contribution in [-0.2, 0) is 36.8 Å². The van der Waals surface area contributed by atoms with E-state index in [-0.39, 0.29) is 48.3 Å². The van der Waals surface area contributed by atoms with Crippen LogP contribution >= 0.6 is 11.6 Å². The largest absolute Gasteiger partial charge is 0.495 e. The van der Waals surface area contributed by atoms with Gasteiger partial charge in [0.15, 0.2) is 17.4 Å². The minimum atomic E-state index is -0.969. The molecular formula is C63H78ClFN12O8. The van der Waals surface area contributed by atoms with Gasteiger partial charge in [0.05, 0.1) is 75.4 Å². The number of piperidine rings is 1. The molecule has 5 aliphatic rings. The predicted octanol–water partition coefficient (Wildman–Crippen LogP) is 9.01. The highest BCUT2D eigenvalue weighted by atomic mass is 35.5. The van der Waals surface area contributed by atoms with E-state index in [0.717, 1.165) is 97.4 Å². The summed E-state index contributed by atoms with van der Waals surface area (Å²) in [5.74, 6) is -0.493. The molecule has 10 rings (SSSR count). The summed E-state index contributed by atoms with van der Waals surface area (Å²) in [5, 5.41) is 18.6. The van der Waals surface area contributed by atoms with Crippen molar-refractivity contribution >= 4 is 74.6 Å². The number of Topliss-reactive ketones (excluding diaryl/α,β-unsaturated/α-hetero) is 1. The van der Waals surface area contributed by atoms with Crippen molar-refractivity contribution in [1.82, 2.24) is 30.2 Å². The zero-order valence-electron chi connectivity index (χ0n) is 49.0. The van der Waals surface area contributed by atoms with Crippen LogP contribution in [0.4, 0.5) is 39.0 Å². The Balaban J connectivity index is 0.639. The van der Waals surface area contributed by atoms with Gasteiger partial charge in [0.2, 0.25) is 11.9 Å². The van der Waals surface area contributed by atoms with Gasteiger partial charge in [0.1, 0.15) is 29.9 Å². The van der Waals surface area contributed by atoms with Crippen LogP contribution in [0.2, 0.25) is 5.02 Å². The predicted molar refractivity (Wildman–Crippen MR) is 325 cm³/mol. The molecular weight excluding hydrogens is 1110 g/mol. The molecule has 1 aliphatic carbocycles. The van der Waals surface area contributed by atoms with Crippen LogP contribution in [0.1, 0.15) is 92.7 Å². The summed E-state index contributed by atoms with van der Waals surface area (Å²) in [4.78, 5) is 69.6. The maximum atomic E-state index is 14.1. The minimum absolute atomic E-state index is 0.0572. The summed E-state index contributed by atoms with van der Waals surface area (Å²) < 4.78 is 43.7. The number of allylic oxidation sites excluding steroid dienone is 1. The van der Waals surface area contributed by atoms with Gasteiger partial charge in [-0.15, -0.1) is 0 Å². The van der Waals surface area contributed by atoms with Crippen LogP contribution in [-0.4, -0.2) is 160 Å². The monoisotopic (exact) mass is 1180 g/mol. The van der Waals surface area contributed by atoms with E-state index in [9.17, 15) is 24.0 Å². The molecule has 85 heavy (non-hydrogen) atoms. The van der Waals surface area contributed by atoms with Crippen LogP contribution in [0, 0.1) is 23.2 Å². The number of methoxy groups -OCH3 is 1. The maximum absolute atomic E-state index is 14.1. The number of benzene rings is 3. The topological polar surface area (TPSA) is 213 Å². The average Bonchev–Trinajstić information content (AvgIpc) is 2.49. The number of likely N-dealkylation sites (N-methyl/N-ethyl adjacent to an activating group) is 1. The first-order chi connectivity index (χ1) is 41.4. The van der Waals surface area contributed by atoms with Gasteiger partial charge in [-0.3, -0.25) is 19.3 Å². The lowest BCUT2D eigenvalue weighted by Crippen LogP contribution is -2.55. The number of nitrogens with zero attached hydrogens (tertiary/aromatic N) is 10. The molecule has 20 nitrogen and oxygen atoms in total. The fraction of sp³-hybridized carbons (Fsp3) is 0.524. The van der Waals surface area contributed by atoms with E-state index in [2.05, 4.69) is 66.1 Å². The van der Waals surface area contributed by atoms with Crippen molar-refractivity contribution in [1.29, 1.82) is 5.26 Å². The second-order valence-corrected chi connectivity index (χ2v) is 22.9. The van der Waals surface area contributed by atoms with Gasteiger partial charge >= 0.3 is 6.01 Å². The highest BCUT2D eigenvalue weighted by Gasteiger charge is 2.42. The van der Waals surface area contributed by atoms with E-state index >= 15 is 0 Å². The molecule has 0 bridgehead atoms. The van der Waals surface area contributed by atoms with E-state index in [1.54, 1.807) is 43.5 Å². The zero-order chi connectivity index (χ0) is 59.4. The van der Waals surface area contributed by atoms with Crippen molar-refractivity contribution in [3.63, 3.8) is 0 Å². The Labute approximate surface area is 501 Å². The van der Waals surface area contributed by atoms with Gasteiger partial charge < -0.3 is 53.9 Å². The molecule has 4 aliphatic heterocycles. The minimum Gasteiger partial charge on any atom is -0.495 e. The smallest absolute Gasteiger partial charge is 0.318 e. The third-order valence-electron chi connectivity index (χ3n) is 17.2. The molecule has 1 saturated carbocycles. The highest BCUT2D eigenvalue weighted by Crippen LogP contribution is 2.42. The van der Waals surface area contributed by atoms with Crippen molar-refractivity contribution in [2.75, 3.05) is 125 Å². The Kier molecular flexibility index (Phi) is 20.6. The summed E-state index contributed by atoms with van der Waals surface area (Å²) in [5.41, 5.74) is 4.59. The SMILES string of the molecule is C=C(F)C(=O)C1CCN(c2nc(OC[C@@H]3CCCN3CCCOCCOCCOCCNC(=O)c3ccc(Nc4ncc5c(n4)N(C4CCCC4)[C@H](CC)C(=O)N5C)c(OC)c3)nc3c2CCN(c2cccc4cccc(Cl)c24)C3)C[C@@H]1CC#N. The lowest BCUT2D eigenvalue weighted by atomic mass is 9.80. The highest BCUT2D eigenvalue weighted by molar-refractivity contribution is 6.36. The first-order valence-electron chi connectivity index (χ1n) is 30.0. The Bertz CT molecular complexity index is 3230. The number of likely N-dealkylation sites (tertiary alicyclic amines) is 1. The number of hydrogen-bond acceptors (Lipinski definition) is 18. The second-order valence-electron chi connectivity index (χ2n) is 22.5. The normalized spacial score (nSPS) is 19.9. The number of halogens is 2. The number of amides is 2. The number of ketones is 1. The van der Waals surface area contributed by atoms with E-state index in [0.29, 0.717) is 132 Å². The van der Waals surface area contributed by atoms with Crippen molar-refractivity contribution in [2.45, 2.75) is 102 Å². The Hall–Kier alpha value is -7.22. The number of carbonyl (C=O) groups is 3. The lowest BCUT2D eigenvalue weighted by molar-refractivity contribution is -0.122. The third-order valence-corrected chi connectivity index (χ3v) is 17.5. The second kappa shape index (κ2) is 28.8. The number of fused-ring (bicyclic) bond motifs is 3. The number of anilines is 6. The molecule has 2 amide bonds. The molecule has 5 aromatic rings. The molecule has 452 valence electrons. The van der Waals surface area contributed by atoms with Crippen LogP contribution in [0.15, 0.2) is 73.2 Å². The molecule has 22 heteroatoms. The summed E-state index contributed by atoms with van der Waals surface area (Å²) in [7, 11) is 3.32. The van der Waals surface area contributed by atoms with Gasteiger partial charge in [-0.1, -0.05) is 62.2 Å². The summed E-state index contributed by atoms with van der Waals surface area (Å²) in [6.45, 7) is 12.4. The number of carbonyl (C=O) groups excluding carboxylic acids is 3. The summed E-state index contributed by atoms with van der Waals surface area (Å²) >= 11 is 6.80. The lowest BCUT2D eigenvalue weighted by Gasteiger charge is -2.43. The number of aromatic nitrogens is 4. The summed E-state index contributed by atoms with van der Waals surface area (Å²) in [6, 6.07) is 19.9. The molecule has 2 saturated heterocycles. The molecule has 0 spiro atoms. The molecule has 2 N–H and O–H groups in total. The van der Waals surface area contributed by atoms with E-state index < -0.39 is 17.5 Å². The fourth-order valence-electron chi connectivity index (χ4n) is 12.9. The number of rotatable bonds is 27. The van der Waals surface area contributed by atoms with Crippen LogP contribution in [0.3, 0.4) is 0 Å². The molecule has 3 aromatic carbocycles. The molecule has 0 radical (unpaired) electrons. The molecule has 1 unspecified atom stereocenters. The average molecular weight is 1190 g/mol. The van der Waals surface area contributed by atoms with Gasteiger partial charge in [-0.25, -0.2) is 9.37 Å². The van der Waals surface area contributed by atoms with Crippen molar-refractivity contribution in [3.05, 3.63) is 95.0 Å². The van der Waals surface area contributed by atoms with Crippen molar-refractivity contribution in [3.8, 4) is 17.8 Å². The first kappa shape index (κ1) is 60.9. The Morgan fingerprint density at radius 3 is 2.44 bits per heavy atom. The standard InChI is InChI=1S/C63H78ClFN12O8/c1-5-52-61(80)73(3)54-37-68-62(71-59(54)77(52)45-14-6-7-15-45)69-50-20-19-43(36-55(50)81-4)60(79)67-25-31-83-33-35-84-34-32-82-30-11-27-74-26-10-16-46(74)40-85-63-70-51-39-75(53-18-9-13-42-12-8-17-49(64)56(42)53)28-23-48(51)58(72-63)76-29-22-47(57(78)41(2)65)44(38-76)21-24-66/h8-9,12-13,17-20,36-37,44-47,52H,2,5-7,10-11,14-16,21-23,25-35,38-40H2,1,3-4H3,(H,67,79)(H,68,69,71)/t44-,46-,47?,52+/m0/s1. The van der Waals surface area contributed by atoms with Gasteiger partial charge in [-0.05, 0) is 99.5 Å². The number of ether oxygens (including phenoxy) is 5. The van der Waals surface area contributed by atoms with Gasteiger partial charge in [0, 0.05) is 93.0 Å². The molecule has 4 atom stereocenters. The molecule has 2 aromatic heterocycles. The van der Waals surface area contributed by atoms with Crippen molar-refractivity contribution < 1.29 is 42.5 Å². The van der Waals surface area contributed by atoms with Gasteiger partial charge in [-0.2, -0.15) is 20.2 Å². The van der Waals surface area contributed by atoms with Crippen LogP contribution < -0.4 is 39.7 Å². The third kappa shape index (κ3) is 14.2. The maximum Gasteiger partial charge on any atom is 0.318 e. The quantitative estimate of drug-likeness (QED) is 0.0371. The van der Waals surface area contributed by atoms with Crippen LogP contribution in [0.25, 0.3) is 10.8 Å². The fourth-order valence-corrected chi connectivity index (χ4v) is 13.1. The van der Waals surface area contributed by atoms with Crippen LogP contribution in [0.5, 0.6) is 11.8 Å². The number of nitriles is 1. The van der Waals surface area contributed by atoms with Gasteiger partial charge in [0.25, 0.3) is 5.91 Å². The first-order valence-corrected chi connectivity index (χ1v) is 30.4. The van der Waals surface area contributed by atoms with E-state index in [1.165, 1.54) is 0 Å². The number of hydrogen-bond donors (Lipinski definition) is 2. The van der Waals surface area contributed by atoms with E-state index in [1.807, 2.05) is 25.1 Å². The molecule has 6 heterocycles. The Morgan fingerprint density at radius 2 is 1.67 bits per heavy atom.